The Morgan fingerprint density at radius 3 is 2.31 bits per heavy atom. The Bertz CT molecular complexity index is 331. The first-order valence-corrected chi connectivity index (χ1v) is 3.54. The highest BCUT2D eigenvalue weighted by atomic mass is 16.6. The summed E-state index contributed by atoms with van der Waals surface area (Å²) in [7, 11) is 0. The minimum atomic E-state index is -0.950. The number of carboxylic acid groups (broad SMARTS) is 1. The van der Waals surface area contributed by atoms with Crippen LogP contribution in [0.2, 0.25) is 0 Å². The van der Waals surface area contributed by atoms with Crippen molar-refractivity contribution in [1.82, 2.24) is 0 Å². The molecule has 68 valence electrons. The number of nitro benzene ring substituents is 1. The van der Waals surface area contributed by atoms with Crippen molar-refractivity contribution in [2.75, 3.05) is 0 Å². The molecule has 0 aromatic heterocycles. The summed E-state index contributed by atoms with van der Waals surface area (Å²) in [5, 5.41) is 18.6. The van der Waals surface area contributed by atoms with Crippen molar-refractivity contribution in [3.63, 3.8) is 0 Å². The maximum Gasteiger partial charge on any atom is 0.307 e. The lowest BCUT2D eigenvalue weighted by atomic mass is 10.6. The van der Waals surface area contributed by atoms with Gasteiger partial charge < -0.3 is 5.11 Å². The van der Waals surface area contributed by atoms with Crippen LogP contribution in [0.15, 0.2) is 24.3 Å². The number of aliphatic carboxylic acids is 1. The van der Waals surface area contributed by atoms with E-state index in [1.807, 2.05) is 0 Å². The second-order valence-electron chi connectivity index (χ2n) is 2.49. The van der Waals surface area contributed by atoms with Crippen LogP contribution in [0.1, 0.15) is 5.56 Å². The Morgan fingerprint density at radius 2 is 1.92 bits per heavy atom. The van der Waals surface area contributed by atoms with Crippen LogP contribution in [-0.4, -0.2) is 16.0 Å². The van der Waals surface area contributed by atoms with Crippen molar-refractivity contribution in [1.29, 1.82) is 0 Å². The molecule has 5 nitrogen and oxygen atoms in total. The van der Waals surface area contributed by atoms with E-state index in [1.54, 1.807) is 0 Å². The monoisotopic (exact) mass is 187 g/mol. The highest BCUT2D eigenvalue weighted by Crippen LogP contribution is 2.11. The zero-order chi connectivity index (χ0) is 9.84. The second-order valence-corrected chi connectivity index (χ2v) is 2.49. The molecule has 1 aromatic carbocycles. The fourth-order valence-electron chi connectivity index (χ4n) is 0.910. The van der Waals surface area contributed by atoms with Crippen molar-refractivity contribution in [3.8, 4) is 0 Å². The third-order valence-electron chi connectivity index (χ3n) is 1.50. The summed E-state index contributed by atoms with van der Waals surface area (Å²) in [6, 6.07) is 5.45. The number of benzene rings is 1. The average molecular weight is 187 g/mol. The van der Waals surface area contributed by atoms with Crippen LogP contribution in [0, 0.1) is 10.1 Å². The van der Waals surface area contributed by atoms with Crippen LogP contribution in [-0.2, 0) is 11.2 Å². The molecule has 0 heterocycles. The number of rotatable bonds is 3. The van der Waals surface area contributed by atoms with Crippen LogP contribution in [0.5, 0.6) is 0 Å². The topological polar surface area (TPSA) is 80.4 Å². The van der Waals surface area contributed by atoms with E-state index in [9.17, 15) is 14.9 Å². The maximum absolute atomic E-state index is 10.3. The summed E-state index contributed by atoms with van der Waals surface area (Å²) in [5.41, 5.74) is 0.521. The molecule has 0 amide bonds. The van der Waals surface area contributed by atoms with E-state index in [2.05, 4.69) is 0 Å². The first-order chi connectivity index (χ1) is 6.09. The molecule has 0 unspecified atom stereocenters. The van der Waals surface area contributed by atoms with Gasteiger partial charge in [0.1, 0.15) is 0 Å². The molecular weight excluding hydrogens is 180 g/mol. The van der Waals surface area contributed by atoms with E-state index >= 15 is 0 Å². The van der Waals surface area contributed by atoms with Gasteiger partial charge in [-0.15, -0.1) is 0 Å². The molecule has 1 rings (SSSR count). The predicted molar refractivity (Wildman–Crippen MR) is 44.4 cm³/mol. The third kappa shape index (κ3) is 2.55. The van der Waals surface area contributed by atoms with Gasteiger partial charge in [-0.05, 0) is 5.56 Å². The predicted octanol–water partition coefficient (Wildman–Crippen LogP) is 1.22. The largest absolute Gasteiger partial charge is 0.481 e. The molecule has 0 saturated heterocycles. The maximum atomic E-state index is 10.3. The van der Waals surface area contributed by atoms with Crippen molar-refractivity contribution in [3.05, 3.63) is 39.9 Å². The molecule has 0 aliphatic carbocycles. The first-order valence-electron chi connectivity index (χ1n) is 3.54. The first kappa shape index (κ1) is 9.18. The number of hydrogen-bond acceptors (Lipinski definition) is 3. The number of nitrogens with zero attached hydrogens (tertiary/aromatic N) is 1. The fourth-order valence-corrected chi connectivity index (χ4v) is 0.910. The summed E-state index contributed by atoms with van der Waals surface area (Å²) in [4.78, 5) is 20.0. The van der Waals surface area contributed by atoms with Gasteiger partial charge in [-0.3, -0.25) is 14.9 Å². The quantitative estimate of drug-likeness (QED) is 0.569. The number of non-ortho nitro benzene ring substituents is 1. The lowest BCUT2D eigenvalue weighted by Crippen LogP contribution is -1.99. The van der Waals surface area contributed by atoms with Gasteiger partial charge >= 0.3 is 5.97 Å². The molecule has 1 N–H and O–H groups in total. The van der Waals surface area contributed by atoms with Crippen molar-refractivity contribution in [2.24, 2.45) is 0 Å². The Hall–Kier alpha value is -1.91. The Balaban J connectivity index is 2.81. The number of nitro groups is 1. The molecule has 0 atom stereocenters. The van der Waals surface area contributed by atoms with Gasteiger partial charge in [-0.25, -0.2) is 0 Å². The van der Waals surface area contributed by atoms with Crippen LogP contribution >= 0.6 is 0 Å². The fraction of sp³-hybridized carbons (Fsp3) is 0.125. The minimum Gasteiger partial charge on any atom is -0.481 e. The van der Waals surface area contributed by atoms with Gasteiger partial charge in [0, 0.05) is 12.1 Å². The van der Waals surface area contributed by atoms with E-state index in [-0.39, 0.29) is 12.1 Å². The molecule has 0 aliphatic heterocycles. The lowest BCUT2D eigenvalue weighted by Gasteiger charge is -1.95. The number of carboxylic acids is 1. The molecule has 0 spiro atoms. The molecular formula is C8H7NO4. The Kier molecular flexibility index (Phi) is 2.59. The van der Waals surface area contributed by atoms with Crippen molar-refractivity contribution in [2.45, 2.75) is 6.42 Å². The van der Waals surface area contributed by atoms with Gasteiger partial charge in [-0.2, -0.15) is 0 Å². The highest BCUT2D eigenvalue weighted by Gasteiger charge is 2.05. The SMILES string of the molecule is O=C(O)C[13c]1[13cH][13cH][13c]([N+](=O)[O-])[13cH][13cH]1. The molecule has 5 heteroatoms. The highest BCUT2D eigenvalue weighted by molar-refractivity contribution is 5.70. The van der Waals surface area contributed by atoms with E-state index < -0.39 is 10.9 Å². The van der Waals surface area contributed by atoms with Crippen LogP contribution in [0.3, 0.4) is 0 Å². The minimum absolute atomic E-state index is 0.0332. The number of carbonyl (C=O) groups is 1. The normalized spacial score (nSPS) is 9.54. The van der Waals surface area contributed by atoms with Gasteiger partial charge in [0.2, 0.25) is 0 Å². The Labute approximate surface area is 73.8 Å². The van der Waals surface area contributed by atoms with Gasteiger partial charge in [-0.1, -0.05) is 12.1 Å². The van der Waals surface area contributed by atoms with E-state index in [4.69, 9.17) is 5.11 Å². The van der Waals surface area contributed by atoms with E-state index in [1.165, 1.54) is 24.3 Å². The van der Waals surface area contributed by atoms with Crippen LogP contribution < -0.4 is 0 Å². The molecule has 0 radical (unpaired) electrons. The summed E-state index contributed by atoms with van der Waals surface area (Å²) in [6.45, 7) is 0. The summed E-state index contributed by atoms with van der Waals surface area (Å²) < 4.78 is 0. The van der Waals surface area contributed by atoms with Gasteiger partial charge in [0.05, 0.1) is 11.3 Å². The zero-order valence-corrected chi connectivity index (χ0v) is 6.64. The summed E-state index contributed by atoms with van der Waals surface area (Å²) >= 11 is 0. The van der Waals surface area contributed by atoms with Gasteiger partial charge in [0.25, 0.3) is 5.69 Å². The lowest BCUT2D eigenvalue weighted by molar-refractivity contribution is -0.384. The summed E-state index contributed by atoms with van der Waals surface area (Å²) in [5.74, 6) is -0.950. The van der Waals surface area contributed by atoms with Gasteiger partial charge in [0.15, 0.2) is 0 Å². The molecule has 13 heavy (non-hydrogen) atoms. The summed E-state index contributed by atoms with van der Waals surface area (Å²) in [6.07, 6.45) is -0.113. The molecule has 0 bridgehead atoms. The smallest absolute Gasteiger partial charge is 0.307 e. The number of hydrogen-bond donors (Lipinski definition) is 1. The van der Waals surface area contributed by atoms with Crippen LogP contribution in [0.25, 0.3) is 0 Å². The molecule has 0 fully saturated rings. The molecule has 0 aliphatic rings. The van der Waals surface area contributed by atoms with E-state index in [0.29, 0.717) is 5.56 Å². The zero-order valence-electron chi connectivity index (χ0n) is 6.64. The second kappa shape index (κ2) is 3.66. The molecule has 1 aromatic rings. The average Bonchev–Trinajstić information content (AvgIpc) is 2.04. The molecule has 0 saturated carbocycles. The van der Waals surface area contributed by atoms with E-state index in [0.717, 1.165) is 0 Å². The van der Waals surface area contributed by atoms with Crippen molar-refractivity contribution >= 4 is 11.7 Å². The third-order valence-corrected chi connectivity index (χ3v) is 1.50. The van der Waals surface area contributed by atoms with Crippen molar-refractivity contribution < 1.29 is 14.8 Å². The van der Waals surface area contributed by atoms with Crippen LogP contribution in [0.4, 0.5) is 5.69 Å². The standard InChI is InChI=1S/C8H7NO4/c10-8(11)5-6-1-3-7(4-2-6)9(12)13/h1-4H,5H2,(H,10,11)/i1+1,2+1,3+1,4+1,6+1,7+1. The Morgan fingerprint density at radius 1 is 1.38 bits per heavy atom.